The Kier molecular flexibility index (Phi) is 4.22. The van der Waals surface area contributed by atoms with Crippen LogP contribution >= 0.6 is 11.3 Å². The SMILES string of the molecule is CC(O)(CNC(=O)c1cc(-c2ccncc2)on1)c1cccs1. The molecule has 0 aliphatic rings. The molecule has 3 rings (SSSR count). The zero-order valence-electron chi connectivity index (χ0n) is 12.4. The Morgan fingerprint density at radius 3 is 2.87 bits per heavy atom. The van der Waals surface area contributed by atoms with Gasteiger partial charge in [-0.3, -0.25) is 9.78 Å². The fourth-order valence-electron chi connectivity index (χ4n) is 2.05. The first kappa shape index (κ1) is 15.4. The van der Waals surface area contributed by atoms with Gasteiger partial charge in [-0.2, -0.15) is 0 Å². The molecule has 3 aromatic heterocycles. The van der Waals surface area contributed by atoms with Crippen molar-refractivity contribution in [2.24, 2.45) is 0 Å². The number of aromatic nitrogens is 2. The number of carbonyl (C=O) groups is 1. The summed E-state index contributed by atoms with van der Waals surface area (Å²) < 4.78 is 5.18. The topological polar surface area (TPSA) is 88.2 Å². The van der Waals surface area contributed by atoms with Crippen LogP contribution in [0.5, 0.6) is 0 Å². The van der Waals surface area contributed by atoms with E-state index < -0.39 is 11.5 Å². The lowest BCUT2D eigenvalue weighted by molar-refractivity contribution is 0.0554. The molecule has 3 heterocycles. The predicted molar refractivity (Wildman–Crippen MR) is 86.0 cm³/mol. The fourth-order valence-corrected chi connectivity index (χ4v) is 2.84. The average Bonchev–Trinajstić information content (AvgIpc) is 3.25. The molecular formula is C16H15N3O3S. The van der Waals surface area contributed by atoms with Crippen LogP contribution in [0, 0.1) is 0 Å². The number of aliphatic hydroxyl groups is 1. The van der Waals surface area contributed by atoms with Crippen LogP contribution in [0.4, 0.5) is 0 Å². The van der Waals surface area contributed by atoms with Crippen LogP contribution in [-0.2, 0) is 5.60 Å². The van der Waals surface area contributed by atoms with Crippen molar-refractivity contribution in [3.05, 3.63) is 58.7 Å². The van der Waals surface area contributed by atoms with Gasteiger partial charge in [0.15, 0.2) is 11.5 Å². The van der Waals surface area contributed by atoms with Crippen molar-refractivity contribution >= 4 is 17.2 Å². The zero-order valence-corrected chi connectivity index (χ0v) is 13.2. The molecule has 0 bridgehead atoms. The molecule has 1 unspecified atom stereocenters. The van der Waals surface area contributed by atoms with Crippen molar-refractivity contribution in [2.45, 2.75) is 12.5 Å². The molecule has 3 aromatic rings. The van der Waals surface area contributed by atoms with Gasteiger partial charge in [0.1, 0.15) is 5.60 Å². The van der Waals surface area contributed by atoms with Gasteiger partial charge in [0, 0.05) is 28.9 Å². The molecule has 0 aliphatic heterocycles. The van der Waals surface area contributed by atoms with Gasteiger partial charge in [-0.1, -0.05) is 11.2 Å². The molecule has 7 heteroatoms. The minimum Gasteiger partial charge on any atom is -0.383 e. The number of rotatable bonds is 5. The molecule has 1 amide bonds. The van der Waals surface area contributed by atoms with Crippen LogP contribution in [0.3, 0.4) is 0 Å². The van der Waals surface area contributed by atoms with Crippen molar-refractivity contribution in [1.29, 1.82) is 0 Å². The lowest BCUT2D eigenvalue weighted by Crippen LogP contribution is -2.38. The number of carbonyl (C=O) groups excluding carboxylic acids is 1. The molecule has 1 atom stereocenters. The number of pyridine rings is 1. The Morgan fingerprint density at radius 1 is 1.39 bits per heavy atom. The van der Waals surface area contributed by atoms with Gasteiger partial charge >= 0.3 is 0 Å². The van der Waals surface area contributed by atoms with E-state index in [4.69, 9.17) is 4.52 Å². The second-order valence-electron chi connectivity index (χ2n) is 5.25. The summed E-state index contributed by atoms with van der Waals surface area (Å²) in [6.45, 7) is 1.74. The standard InChI is InChI=1S/C16H15N3O3S/c1-16(21,14-3-2-8-23-14)10-18-15(20)12-9-13(22-19-12)11-4-6-17-7-5-11/h2-9,21H,10H2,1H3,(H,18,20). The van der Waals surface area contributed by atoms with Crippen molar-refractivity contribution in [3.8, 4) is 11.3 Å². The number of hydrogen-bond donors (Lipinski definition) is 2. The van der Waals surface area contributed by atoms with E-state index in [9.17, 15) is 9.90 Å². The van der Waals surface area contributed by atoms with Gasteiger partial charge in [0.2, 0.25) is 0 Å². The Balaban J connectivity index is 1.66. The molecule has 0 saturated heterocycles. The summed E-state index contributed by atoms with van der Waals surface area (Å²) in [5.41, 5.74) is -0.169. The summed E-state index contributed by atoms with van der Waals surface area (Å²) in [4.78, 5) is 16.9. The lowest BCUT2D eigenvalue weighted by Gasteiger charge is -2.21. The van der Waals surface area contributed by atoms with Crippen LogP contribution < -0.4 is 5.32 Å². The van der Waals surface area contributed by atoms with Gasteiger partial charge < -0.3 is 14.9 Å². The van der Waals surface area contributed by atoms with Crippen molar-refractivity contribution in [1.82, 2.24) is 15.5 Å². The summed E-state index contributed by atoms with van der Waals surface area (Å²) in [5.74, 6) is 0.0912. The van der Waals surface area contributed by atoms with E-state index in [-0.39, 0.29) is 12.2 Å². The number of amides is 1. The van der Waals surface area contributed by atoms with E-state index in [1.807, 2.05) is 17.5 Å². The maximum atomic E-state index is 12.2. The summed E-state index contributed by atoms with van der Waals surface area (Å²) in [6, 6.07) is 8.78. The molecular weight excluding hydrogens is 314 g/mol. The van der Waals surface area contributed by atoms with E-state index in [1.165, 1.54) is 11.3 Å². The average molecular weight is 329 g/mol. The predicted octanol–water partition coefficient (Wildman–Crippen LogP) is 2.44. The first-order chi connectivity index (χ1) is 11.1. The van der Waals surface area contributed by atoms with Crippen molar-refractivity contribution in [3.63, 3.8) is 0 Å². The van der Waals surface area contributed by atoms with E-state index in [0.29, 0.717) is 5.76 Å². The van der Waals surface area contributed by atoms with Gasteiger partial charge in [-0.05, 0) is 30.5 Å². The third-order valence-electron chi connectivity index (χ3n) is 3.35. The molecule has 118 valence electrons. The van der Waals surface area contributed by atoms with E-state index in [0.717, 1.165) is 10.4 Å². The highest BCUT2D eigenvalue weighted by molar-refractivity contribution is 7.10. The van der Waals surface area contributed by atoms with Crippen LogP contribution in [0.25, 0.3) is 11.3 Å². The Labute approximate surface area is 136 Å². The molecule has 0 aromatic carbocycles. The first-order valence-corrected chi connectivity index (χ1v) is 7.86. The number of nitrogens with zero attached hydrogens (tertiary/aromatic N) is 2. The highest BCUT2D eigenvalue weighted by Crippen LogP contribution is 2.24. The quantitative estimate of drug-likeness (QED) is 0.750. The maximum Gasteiger partial charge on any atom is 0.273 e. The van der Waals surface area contributed by atoms with Gasteiger partial charge in [-0.15, -0.1) is 11.3 Å². The minimum atomic E-state index is -1.12. The van der Waals surface area contributed by atoms with E-state index >= 15 is 0 Å². The van der Waals surface area contributed by atoms with Crippen molar-refractivity contribution in [2.75, 3.05) is 6.54 Å². The van der Waals surface area contributed by atoms with E-state index in [1.54, 1.807) is 37.5 Å². The molecule has 0 aliphatic carbocycles. The summed E-state index contributed by atoms with van der Waals surface area (Å²) in [6.07, 6.45) is 3.27. The molecule has 2 N–H and O–H groups in total. The summed E-state index contributed by atoms with van der Waals surface area (Å²) in [7, 11) is 0. The number of thiophene rings is 1. The lowest BCUT2D eigenvalue weighted by atomic mass is 10.1. The third-order valence-corrected chi connectivity index (χ3v) is 4.48. The Hall–Kier alpha value is -2.51. The first-order valence-electron chi connectivity index (χ1n) is 6.98. The molecule has 0 fully saturated rings. The van der Waals surface area contributed by atoms with Crippen LogP contribution in [0.15, 0.2) is 52.6 Å². The fraction of sp³-hybridized carbons (Fsp3) is 0.188. The molecule has 0 saturated carbocycles. The monoisotopic (exact) mass is 329 g/mol. The van der Waals surface area contributed by atoms with Crippen LogP contribution in [0.1, 0.15) is 22.3 Å². The largest absolute Gasteiger partial charge is 0.383 e. The summed E-state index contributed by atoms with van der Waals surface area (Å²) in [5, 5.41) is 18.7. The van der Waals surface area contributed by atoms with Crippen LogP contribution in [0.2, 0.25) is 0 Å². The van der Waals surface area contributed by atoms with Gasteiger partial charge in [-0.25, -0.2) is 0 Å². The molecule has 0 radical (unpaired) electrons. The number of nitrogens with one attached hydrogen (secondary N) is 1. The van der Waals surface area contributed by atoms with Gasteiger partial charge in [0.05, 0.1) is 6.54 Å². The highest BCUT2D eigenvalue weighted by Gasteiger charge is 2.25. The molecule has 0 spiro atoms. The Bertz CT molecular complexity index is 782. The zero-order chi connectivity index (χ0) is 16.3. The smallest absolute Gasteiger partial charge is 0.273 e. The molecule has 23 heavy (non-hydrogen) atoms. The van der Waals surface area contributed by atoms with E-state index in [2.05, 4.69) is 15.5 Å². The summed E-state index contributed by atoms with van der Waals surface area (Å²) >= 11 is 1.44. The second kappa shape index (κ2) is 6.31. The highest BCUT2D eigenvalue weighted by atomic mass is 32.1. The number of hydrogen-bond acceptors (Lipinski definition) is 6. The minimum absolute atomic E-state index is 0.0871. The van der Waals surface area contributed by atoms with Crippen LogP contribution in [-0.4, -0.2) is 27.7 Å². The molecule has 6 nitrogen and oxygen atoms in total. The third kappa shape index (κ3) is 3.46. The normalized spacial score (nSPS) is 13.5. The maximum absolute atomic E-state index is 12.2. The van der Waals surface area contributed by atoms with Crippen molar-refractivity contribution < 1.29 is 14.4 Å². The Morgan fingerprint density at radius 2 is 2.17 bits per heavy atom. The second-order valence-corrected chi connectivity index (χ2v) is 6.19. The van der Waals surface area contributed by atoms with Gasteiger partial charge in [0.25, 0.3) is 5.91 Å².